The molecule has 5 unspecified atom stereocenters. The summed E-state index contributed by atoms with van der Waals surface area (Å²) in [6.45, 7) is 10.9. The van der Waals surface area contributed by atoms with Gasteiger partial charge in [0.15, 0.2) is 0 Å². The fraction of sp³-hybridized carbons (Fsp3) is 1.00. The van der Waals surface area contributed by atoms with E-state index in [4.69, 9.17) is 4.74 Å². The van der Waals surface area contributed by atoms with E-state index >= 15 is 0 Å². The Morgan fingerprint density at radius 1 is 1.20 bits per heavy atom. The molecule has 0 spiro atoms. The first-order valence-corrected chi connectivity index (χ1v) is 8.17. The van der Waals surface area contributed by atoms with Crippen molar-refractivity contribution in [3.63, 3.8) is 0 Å². The van der Waals surface area contributed by atoms with Gasteiger partial charge in [-0.3, -0.25) is 0 Å². The van der Waals surface area contributed by atoms with Crippen LogP contribution >= 0.6 is 0 Å². The molecule has 0 radical (unpaired) electrons. The Morgan fingerprint density at radius 3 is 2.40 bits per heavy atom. The summed E-state index contributed by atoms with van der Waals surface area (Å²) < 4.78 is 6.00. The highest BCUT2D eigenvalue weighted by atomic mass is 16.5. The summed E-state index contributed by atoms with van der Waals surface area (Å²) in [6, 6.07) is 0. The zero-order chi connectivity index (χ0) is 15.2. The molecule has 0 aliphatic heterocycles. The standard InChI is InChI=1S/C17H32O3/c1-6-20-14-8-10-17(5,19)13-11-12(15(2,3)18)7-9-16(13,14)4/h12-14,18-19H,6-11H2,1-5H3. The number of aliphatic hydroxyl groups is 2. The molecule has 118 valence electrons. The lowest BCUT2D eigenvalue weighted by Crippen LogP contribution is -2.59. The summed E-state index contributed by atoms with van der Waals surface area (Å²) in [7, 11) is 0. The third-order valence-corrected chi connectivity index (χ3v) is 6.11. The van der Waals surface area contributed by atoms with E-state index in [1.54, 1.807) is 0 Å². The molecule has 0 aromatic heterocycles. The number of ether oxygens (including phenoxy) is 1. The Hall–Kier alpha value is -0.120. The molecular weight excluding hydrogens is 252 g/mol. The molecule has 3 heteroatoms. The highest BCUT2D eigenvalue weighted by Crippen LogP contribution is 2.57. The molecule has 0 saturated heterocycles. The summed E-state index contributed by atoms with van der Waals surface area (Å²) >= 11 is 0. The average molecular weight is 284 g/mol. The summed E-state index contributed by atoms with van der Waals surface area (Å²) in [5, 5.41) is 21.2. The van der Waals surface area contributed by atoms with Crippen LogP contribution in [-0.4, -0.2) is 34.1 Å². The normalized spacial score (nSPS) is 46.0. The topological polar surface area (TPSA) is 49.7 Å². The quantitative estimate of drug-likeness (QED) is 0.837. The number of fused-ring (bicyclic) bond motifs is 1. The van der Waals surface area contributed by atoms with Crippen molar-refractivity contribution in [2.24, 2.45) is 17.3 Å². The second kappa shape index (κ2) is 5.26. The Labute approximate surface area is 123 Å². The molecule has 0 bridgehead atoms. The van der Waals surface area contributed by atoms with Crippen molar-refractivity contribution >= 4 is 0 Å². The van der Waals surface area contributed by atoms with Gasteiger partial charge in [0.1, 0.15) is 0 Å². The molecule has 2 saturated carbocycles. The van der Waals surface area contributed by atoms with E-state index in [0.717, 1.165) is 38.7 Å². The predicted molar refractivity (Wildman–Crippen MR) is 80.5 cm³/mol. The summed E-state index contributed by atoms with van der Waals surface area (Å²) in [5.41, 5.74) is -1.25. The molecule has 2 N–H and O–H groups in total. The molecule has 0 heterocycles. The maximum absolute atomic E-state index is 10.9. The first-order valence-electron chi connectivity index (χ1n) is 8.17. The van der Waals surface area contributed by atoms with Crippen LogP contribution in [0.15, 0.2) is 0 Å². The molecule has 3 nitrogen and oxygen atoms in total. The third kappa shape index (κ3) is 2.77. The molecular formula is C17H32O3. The summed E-state index contributed by atoms with van der Waals surface area (Å²) in [4.78, 5) is 0. The van der Waals surface area contributed by atoms with Crippen molar-refractivity contribution in [2.75, 3.05) is 6.61 Å². The van der Waals surface area contributed by atoms with E-state index in [2.05, 4.69) is 6.92 Å². The molecule has 5 atom stereocenters. The van der Waals surface area contributed by atoms with E-state index in [1.807, 2.05) is 27.7 Å². The van der Waals surface area contributed by atoms with Gasteiger partial charge in [0.2, 0.25) is 0 Å². The molecule has 0 aromatic carbocycles. The van der Waals surface area contributed by atoms with Gasteiger partial charge in [0.05, 0.1) is 17.3 Å². The highest BCUT2D eigenvalue weighted by molar-refractivity contribution is 5.07. The summed E-state index contributed by atoms with van der Waals surface area (Å²) in [6.07, 6.45) is 4.96. The van der Waals surface area contributed by atoms with Gasteiger partial charge < -0.3 is 14.9 Å². The van der Waals surface area contributed by atoms with Crippen LogP contribution < -0.4 is 0 Å². The van der Waals surface area contributed by atoms with Crippen LogP contribution in [0.2, 0.25) is 0 Å². The minimum Gasteiger partial charge on any atom is -0.390 e. The smallest absolute Gasteiger partial charge is 0.0655 e. The van der Waals surface area contributed by atoms with Crippen molar-refractivity contribution in [3.8, 4) is 0 Å². The zero-order valence-electron chi connectivity index (χ0n) is 13.8. The lowest BCUT2D eigenvalue weighted by atomic mass is 9.51. The van der Waals surface area contributed by atoms with Gasteiger partial charge in [-0.25, -0.2) is 0 Å². The first kappa shape index (κ1) is 16.3. The monoisotopic (exact) mass is 284 g/mol. The number of rotatable bonds is 3. The second-order valence-corrected chi connectivity index (χ2v) is 8.02. The lowest BCUT2D eigenvalue weighted by molar-refractivity contribution is -0.198. The minimum atomic E-state index is -0.657. The van der Waals surface area contributed by atoms with Gasteiger partial charge in [-0.05, 0) is 77.0 Å². The molecule has 2 aliphatic rings. The maximum atomic E-state index is 10.9. The van der Waals surface area contributed by atoms with E-state index in [1.165, 1.54) is 0 Å². The van der Waals surface area contributed by atoms with Crippen LogP contribution in [0.5, 0.6) is 0 Å². The van der Waals surface area contributed by atoms with Crippen LogP contribution in [0.3, 0.4) is 0 Å². The molecule has 2 rings (SSSR count). The van der Waals surface area contributed by atoms with Gasteiger partial charge >= 0.3 is 0 Å². The van der Waals surface area contributed by atoms with Crippen LogP contribution in [0, 0.1) is 17.3 Å². The minimum absolute atomic E-state index is 0.0412. The van der Waals surface area contributed by atoms with Crippen LogP contribution in [0.25, 0.3) is 0 Å². The largest absolute Gasteiger partial charge is 0.390 e. The maximum Gasteiger partial charge on any atom is 0.0655 e. The van der Waals surface area contributed by atoms with Gasteiger partial charge in [0.25, 0.3) is 0 Å². The molecule has 0 aromatic rings. The fourth-order valence-electron chi connectivity index (χ4n) is 4.72. The Balaban J connectivity index is 2.25. The molecule has 2 fully saturated rings. The molecule has 0 amide bonds. The van der Waals surface area contributed by atoms with E-state index in [-0.39, 0.29) is 23.4 Å². The lowest BCUT2D eigenvalue weighted by Gasteiger charge is -2.58. The Morgan fingerprint density at radius 2 is 1.85 bits per heavy atom. The number of hydrogen-bond acceptors (Lipinski definition) is 3. The zero-order valence-corrected chi connectivity index (χ0v) is 13.8. The Bertz CT molecular complexity index is 345. The fourth-order valence-corrected chi connectivity index (χ4v) is 4.72. The number of hydrogen-bond donors (Lipinski definition) is 2. The molecule has 20 heavy (non-hydrogen) atoms. The Kier molecular flexibility index (Phi) is 4.27. The van der Waals surface area contributed by atoms with Gasteiger partial charge in [-0.15, -0.1) is 0 Å². The van der Waals surface area contributed by atoms with Gasteiger partial charge in [0, 0.05) is 6.61 Å². The van der Waals surface area contributed by atoms with Crippen molar-refractivity contribution in [2.45, 2.75) is 84.0 Å². The van der Waals surface area contributed by atoms with Crippen molar-refractivity contribution in [3.05, 3.63) is 0 Å². The first-order chi connectivity index (χ1) is 9.11. The average Bonchev–Trinajstić information content (AvgIpc) is 2.31. The van der Waals surface area contributed by atoms with Crippen LogP contribution in [-0.2, 0) is 4.74 Å². The molecule has 2 aliphatic carbocycles. The SMILES string of the molecule is CCOC1CCC(C)(O)C2CC(C(C)(C)O)CCC12C. The van der Waals surface area contributed by atoms with Gasteiger partial charge in [-0.2, -0.15) is 0 Å². The summed E-state index contributed by atoms with van der Waals surface area (Å²) in [5.74, 6) is 0.484. The second-order valence-electron chi connectivity index (χ2n) is 8.02. The van der Waals surface area contributed by atoms with E-state index in [0.29, 0.717) is 0 Å². The van der Waals surface area contributed by atoms with E-state index < -0.39 is 11.2 Å². The van der Waals surface area contributed by atoms with Crippen molar-refractivity contribution in [1.29, 1.82) is 0 Å². The van der Waals surface area contributed by atoms with Crippen LogP contribution in [0.4, 0.5) is 0 Å². The van der Waals surface area contributed by atoms with Crippen molar-refractivity contribution in [1.82, 2.24) is 0 Å². The van der Waals surface area contributed by atoms with Crippen LogP contribution in [0.1, 0.15) is 66.7 Å². The van der Waals surface area contributed by atoms with Gasteiger partial charge in [-0.1, -0.05) is 6.92 Å². The third-order valence-electron chi connectivity index (χ3n) is 6.11. The highest BCUT2D eigenvalue weighted by Gasteiger charge is 2.56. The predicted octanol–water partition coefficient (Wildman–Crippen LogP) is 3.13. The van der Waals surface area contributed by atoms with E-state index in [9.17, 15) is 10.2 Å². The van der Waals surface area contributed by atoms with Crippen molar-refractivity contribution < 1.29 is 14.9 Å².